The highest BCUT2D eigenvalue weighted by molar-refractivity contribution is 5.77. The van der Waals surface area contributed by atoms with E-state index in [1.807, 2.05) is 0 Å². The van der Waals surface area contributed by atoms with Crippen LogP contribution in [0, 0.1) is 0 Å². The second-order valence-electron chi connectivity index (χ2n) is 7.91. The zero-order valence-electron chi connectivity index (χ0n) is 18.7. The lowest BCUT2D eigenvalue weighted by Gasteiger charge is -1.98. The fourth-order valence-electron chi connectivity index (χ4n) is 4.36. The first kappa shape index (κ1) is 21.6. The molecule has 0 amide bonds. The Balaban J connectivity index is 0.000000124. The van der Waals surface area contributed by atoms with E-state index in [1.54, 1.807) is 6.92 Å². The first-order valence-electron chi connectivity index (χ1n) is 11.1. The van der Waals surface area contributed by atoms with Gasteiger partial charge in [-0.1, -0.05) is 97.1 Å². The van der Waals surface area contributed by atoms with E-state index in [4.69, 9.17) is 0 Å². The van der Waals surface area contributed by atoms with Gasteiger partial charge in [-0.2, -0.15) is 0 Å². The average Bonchev–Trinajstić information content (AvgIpc) is 3.38. The molecule has 0 atom stereocenters. The molecule has 2 heteroatoms. The van der Waals surface area contributed by atoms with Gasteiger partial charge in [-0.15, -0.1) is 0 Å². The lowest BCUT2D eigenvalue weighted by Crippen LogP contribution is -1.95. The molecule has 0 fully saturated rings. The zero-order valence-corrected chi connectivity index (χ0v) is 18.7. The number of rotatable bonds is 1. The Bertz CT molecular complexity index is 1050. The van der Waals surface area contributed by atoms with Crippen LogP contribution in [0.1, 0.15) is 36.1 Å². The van der Waals surface area contributed by atoms with Gasteiger partial charge in [0.15, 0.2) is 0 Å². The Morgan fingerprint density at radius 2 is 0.875 bits per heavy atom. The predicted octanol–water partition coefficient (Wildman–Crippen LogP) is 7.09. The van der Waals surface area contributed by atoms with Crippen LogP contribution in [0.3, 0.4) is 0 Å². The third kappa shape index (κ3) is 4.81. The van der Waals surface area contributed by atoms with E-state index >= 15 is 0 Å². The van der Waals surface area contributed by atoms with Crippen molar-refractivity contribution < 1.29 is 9.53 Å². The van der Waals surface area contributed by atoms with E-state index in [2.05, 4.69) is 102 Å². The van der Waals surface area contributed by atoms with E-state index in [-0.39, 0.29) is 5.97 Å². The smallest absolute Gasteiger partial charge is 0.302 e. The molecule has 0 aromatic heterocycles. The second-order valence-corrected chi connectivity index (χ2v) is 7.91. The van der Waals surface area contributed by atoms with Crippen LogP contribution in [-0.4, -0.2) is 12.6 Å². The summed E-state index contributed by atoms with van der Waals surface area (Å²) in [5, 5.41) is 0. The monoisotopic (exact) mass is 420 g/mol. The fraction of sp³-hybridized carbons (Fsp3) is 0.167. The van der Waals surface area contributed by atoms with Crippen molar-refractivity contribution in [1.82, 2.24) is 0 Å². The Hall–Kier alpha value is -3.65. The standard InChI is InChI=1S/2C13H10.C4H8O2/c2*1-3-7-12-10(5-1)9-11-6-2-4-8-13(11)12;1-3-6-4(2)5/h2*1-8H,9H2;3H2,1-2H3. The zero-order chi connectivity index (χ0) is 22.3. The Morgan fingerprint density at radius 1 is 0.594 bits per heavy atom. The summed E-state index contributed by atoms with van der Waals surface area (Å²) in [6.45, 7) is 3.65. The summed E-state index contributed by atoms with van der Waals surface area (Å²) in [5.74, 6) is -0.211. The minimum Gasteiger partial charge on any atom is -0.466 e. The molecule has 0 bridgehead atoms. The SMILES string of the molecule is CCOC(C)=O.c1ccc2c(c1)Cc1ccccc1-2.c1ccc2c(c1)Cc1ccccc1-2. The number of esters is 1. The van der Waals surface area contributed by atoms with Gasteiger partial charge in [-0.3, -0.25) is 4.79 Å². The molecule has 6 rings (SSSR count). The van der Waals surface area contributed by atoms with Crippen LogP contribution in [0.25, 0.3) is 22.3 Å². The van der Waals surface area contributed by atoms with Gasteiger partial charge in [0, 0.05) is 6.92 Å². The van der Waals surface area contributed by atoms with Gasteiger partial charge in [0.2, 0.25) is 0 Å². The molecule has 2 nitrogen and oxygen atoms in total. The maximum Gasteiger partial charge on any atom is 0.302 e. The van der Waals surface area contributed by atoms with Gasteiger partial charge in [-0.25, -0.2) is 0 Å². The van der Waals surface area contributed by atoms with Gasteiger partial charge in [0.1, 0.15) is 0 Å². The van der Waals surface area contributed by atoms with E-state index in [9.17, 15) is 4.79 Å². The highest BCUT2D eigenvalue weighted by atomic mass is 16.5. The van der Waals surface area contributed by atoms with Crippen LogP contribution in [0.15, 0.2) is 97.1 Å². The molecule has 0 saturated heterocycles. The van der Waals surface area contributed by atoms with Crippen LogP contribution in [0.5, 0.6) is 0 Å². The average molecular weight is 421 g/mol. The Kier molecular flexibility index (Phi) is 6.81. The van der Waals surface area contributed by atoms with Crippen molar-refractivity contribution in [2.75, 3.05) is 6.61 Å². The summed E-state index contributed by atoms with van der Waals surface area (Å²) < 4.78 is 4.40. The first-order chi connectivity index (χ1) is 15.7. The van der Waals surface area contributed by atoms with E-state index < -0.39 is 0 Å². The van der Waals surface area contributed by atoms with Gasteiger partial charge in [-0.05, 0) is 64.3 Å². The van der Waals surface area contributed by atoms with E-state index in [1.165, 1.54) is 51.4 Å². The third-order valence-corrected chi connectivity index (χ3v) is 5.76. The van der Waals surface area contributed by atoms with Crippen molar-refractivity contribution in [1.29, 1.82) is 0 Å². The maximum absolute atomic E-state index is 9.82. The Morgan fingerprint density at radius 3 is 1.09 bits per heavy atom. The van der Waals surface area contributed by atoms with E-state index in [0.29, 0.717) is 6.61 Å². The molecule has 4 aromatic carbocycles. The van der Waals surface area contributed by atoms with Crippen LogP contribution in [0.4, 0.5) is 0 Å². The van der Waals surface area contributed by atoms with Gasteiger partial charge < -0.3 is 4.74 Å². The van der Waals surface area contributed by atoms with Crippen LogP contribution in [0.2, 0.25) is 0 Å². The summed E-state index contributed by atoms with van der Waals surface area (Å²) >= 11 is 0. The van der Waals surface area contributed by atoms with Crippen molar-refractivity contribution in [3.05, 3.63) is 119 Å². The number of carbonyl (C=O) groups excluding carboxylic acids is 1. The molecule has 0 spiro atoms. The van der Waals surface area contributed by atoms with E-state index in [0.717, 1.165) is 12.8 Å². The second kappa shape index (κ2) is 10.1. The number of carbonyl (C=O) groups is 1. The van der Waals surface area contributed by atoms with Gasteiger partial charge >= 0.3 is 5.97 Å². The topological polar surface area (TPSA) is 26.3 Å². The number of hydrogen-bond acceptors (Lipinski definition) is 2. The number of fused-ring (bicyclic) bond motifs is 6. The summed E-state index contributed by atoms with van der Waals surface area (Å²) in [6, 6.07) is 34.6. The molecule has 0 N–H and O–H groups in total. The van der Waals surface area contributed by atoms with Crippen LogP contribution in [-0.2, 0) is 22.4 Å². The molecule has 2 aliphatic rings. The molecule has 0 aliphatic heterocycles. The van der Waals surface area contributed by atoms with Crippen LogP contribution < -0.4 is 0 Å². The van der Waals surface area contributed by atoms with Crippen molar-refractivity contribution >= 4 is 5.97 Å². The minimum absolute atomic E-state index is 0.211. The molecule has 0 unspecified atom stereocenters. The predicted molar refractivity (Wildman–Crippen MR) is 132 cm³/mol. The van der Waals surface area contributed by atoms with Gasteiger partial charge in [0.05, 0.1) is 6.61 Å². The quantitative estimate of drug-likeness (QED) is 0.266. The van der Waals surface area contributed by atoms with Crippen molar-refractivity contribution in [3.8, 4) is 22.3 Å². The number of ether oxygens (including phenoxy) is 1. The highest BCUT2D eigenvalue weighted by Gasteiger charge is 2.16. The first-order valence-corrected chi connectivity index (χ1v) is 11.1. The lowest BCUT2D eigenvalue weighted by molar-refractivity contribution is -0.140. The Labute approximate surface area is 190 Å². The molecule has 2 aliphatic carbocycles. The number of benzene rings is 4. The molecule has 0 saturated carbocycles. The highest BCUT2D eigenvalue weighted by Crippen LogP contribution is 2.36. The minimum atomic E-state index is -0.211. The van der Waals surface area contributed by atoms with Gasteiger partial charge in [0.25, 0.3) is 0 Å². The molecule has 160 valence electrons. The van der Waals surface area contributed by atoms with Crippen molar-refractivity contribution in [3.63, 3.8) is 0 Å². The normalized spacial score (nSPS) is 11.4. The summed E-state index contributed by atoms with van der Waals surface area (Å²) in [5.41, 5.74) is 11.5. The maximum atomic E-state index is 9.82. The molecule has 32 heavy (non-hydrogen) atoms. The number of hydrogen-bond donors (Lipinski definition) is 0. The largest absolute Gasteiger partial charge is 0.466 e. The summed E-state index contributed by atoms with van der Waals surface area (Å²) in [6.07, 6.45) is 2.21. The molecule has 0 heterocycles. The molecule has 0 radical (unpaired) electrons. The molecule has 4 aromatic rings. The summed E-state index contributed by atoms with van der Waals surface area (Å²) in [4.78, 5) is 9.82. The fourth-order valence-corrected chi connectivity index (χ4v) is 4.36. The van der Waals surface area contributed by atoms with Crippen molar-refractivity contribution in [2.45, 2.75) is 26.7 Å². The summed E-state index contributed by atoms with van der Waals surface area (Å²) in [7, 11) is 0. The molecular formula is C30H28O2. The molecular weight excluding hydrogens is 392 g/mol. The van der Waals surface area contributed by atoms with Crippen molar-refractivity contribution in [2.24, 2.45) is 0 Å². The van der Waals surface area contributed by atoms with Crippen LogP contribution >= 0.6 is 0 Å². The third-order valence-electron chi connectivity index (χ3n) is 5.76. The lowest BCUT2D eigenvalue weighted by atomic mass is 10.1.